The molecule has 7 rings (SSSR count). The molecular formula is C23H29FN4O3S. The summed E-state index contributed by atoms with van der Waals surface area (Å²) in [6.07, 6.45) is 8.56. The number of carbonyl (C=O) groups is 1. The van der Waals surface area contributed by atoms with Crippen molar-refractivity contribution in [3.05, 3.63) is 29.2 Å². The molecular weight excluding hydrogens is 431 g/mol. The third-order valence-electron chi connectivity index (χ3n) is 8.30. The summed E-state index contributed by atoms with van der Waals surface area (Å²) < 4.78 is 44.6. The number of amides is 1. The van der Waals surface area contributed by atoms with Gasteiger partial charge in [-0.25, -0.2) is 9.11 Å². The number of fused-ring (bicyclic) bond motifs is 1. The number of aryl methyl sites for hydroxylation is 1. The summed E-state index contributed by atoms with van der Waals surface area (Å²) in [5, 5.41) is 5.42. The summed E-state index contributed by atoms with van der Waals surface area (Å²) in [6.45, 7) is 3.39. The van der Waals surface area contributed by atoms with Gasteiger partial charge in [-0.1, -0.05) is 0 Å². The van der Waals surface area contributed by atoms with Gasteiger partial charge in [-0.15, -0.1) is 0 Å². The molecule has 1 amide bonds. The van der Waals surface area contributed by atoms with Crippen LogP contribution in [0.5, 0.6) is 0 Å². The lowest BCUT2D eigenvalue weighted by molar-refractivity contribution is -0.0629. The first-order valence-corrected chi connectivity index (χ1v) is 13.1. The highest BCUT2D eigenvalue weighted by Gasteiger charge is 2.51. The highest BCUT2D eigenvalue weighted by atomic mass is 32.2. The molecule has 4 bridgehead atoms. The van der Waals surface area contributed by atoms with Gasteiger partial charge in [0.1, 0.15) is 5.82 Å². The zero-order valence-electron chi connectivity index (χ0n) is 18.3. The molecule has 32 heavy (non-hydrogen) atoms. The lowest BCUT2D eigenvalue weighted by Crippen LogP contribution is -2.49. The second kappa shape index (κ2) is 7.00. The smallest absolute Gasteiger partial charge is 0.268 e. The van der Waals surface area contributed by atoms with Crippen LogP contribution in [0.3, 0.4) is 0 Å². The van der Waals surface area contributed by atoms with Crippen LogP contribution < -0.4 is 4.72 Å². The van der Waals surface area contributed by atoms with Gasteiger partial charge in [-0.2, -0.15) is 17.8 Å². The number of rotatable bonds is 5. The van der Waals surface area contributed by atoms with Crippen LogP contribution >= 0.6 is 0 Å². The minimum Gasteiger partial charge on any atom is -0.268 e. The molecule has 2 heterocycles. The Morgan fingerprint density at radius 3 is 2.34 bits per heavy atom. The van der Waals surface area contributed by atoms with E-state index < -0.39 is 21.9 Å². The van der Waals surface area contributed by atoms with Crippen molar-refractivity contribution in [2.24, 2.45) is 23.2 Å². The summed E-state index contributed by atoms with van der Waals surface area (Å²) in [5.41, 5.74) is 1.39. The van der Waals surface area contributed by atoms with Crippen LogP contribution in [0.15, 0.2) is 12.1 Å². The summed E-state index contributed by atoms with van der Waals surface area (Å²) >= 11 is 0. The van der Waals surface area contributed by atoms with Gasteiger partial charge in [0.25, 0.3) is 5.91 Å². The first kappa shape index (κ1) is 20.6. The lowest BCUT2D eigenvalue weighted by atomic mass is 9.49. The van der Waals surface area contributed by atoms with Crippen molar-refractivity contribution in [3.63, 3.8) is 0 Å². The molecule has 1 saturated heterocycles. The van der Waals surface area contributed by atoms with Crippen molar-refractivity contribution in [2.45, 2.75) is 58.4 Å². The fraction of sp³-hybridized carbons (Fsp3) is 0.652. The molecule has 2 aromatic rings. The Kier molecular flexibility index (Phi) is 4.50. The molecule has 4 aliphatic carbocycles. The maximum Gasteiger partial charge on any atom is 0.304 e. The van der Waals surface area contributed by atoms with Crippen LogP contribution in [0.4, 0.5) is 4.39 Å². The van der Waals surface area contributed by atoms with E-state index >= 15 is 4.39 Å². The van der Waals surface area contributed by atoms with Gasteiger partial charge in [0.05, 0.1) is 16.8 Å². The van der Waals surface area contributed by atoms with E-state index in [9.17, 15) is 13.2 Å². The van der Waals surface area contributed by atoms with E-state index in [1.165, 1.54) is 55.0 Å². The Hall–Kier alpha value is -2.00. The second-order valence-corrected chi connectivity index (χ2v) is 12.4. The van der Waals surface area contributed by atoms with E-state index in [1.807, 2.05) is 16.3 Å². The summed E-state index contributed by atoms with van der Waals surface area (Å²) in [7, 11) is -3.93. The van der Waals surface area contributed by atoms with Crippen LogP contribution in [0.2, 0.25) is 0 Å². The first-order valence-electron chi connectivity index (χ1n) is 11.7. The van der Waals surface area contributed by atoms with E-state index in [0.717, 1.165) is 36.4 Å². The van der Waals surface area contributed by atoms with Gasteiger partial charge in [0.15, 0.2) is 0 Å². The number of hydrogen-bond donors (Lipinski definition) is 1. The van der Waals surface area contributed by atoms with Crippen LogP contribution in [0.1, 0.15) is 61.0 Å². The predicted octanol–water partition coefficient (Wildman–Crippen LogP) is 3.38. The number of nitrogens with one attached hydrogen (secondary N) is 1. The SMILES string of the molecule is Cc1nn(CC23CC4CC(CC(C4)C2)C3)c2cc(F)c(C(=O)NS(=O)(=O)N3CCC3)cc12. The number of halogens is 1. The van der Waals surface area contributed by atoms with Crippen molar-refractivity contribution in [1.29, 1.82) is 0 Å². The third kappa shape index (κ3) is 3.27. The van der Waals surface area contributed by atoms with Crippen LogP contribution in [-0.2, 0) is 16.8 Å². The number of aromatic nitrogens is 2. The minimum absolute atomic E-state index is 0.248. The van der Waals surface area contributed by atoms with Gasteiger partial charge in [0, 0.05) is 31.1 Å². The summed E-state index contributed by atoms with van der Waals surface area (Å²) in [6, 6.07) is 2.80. The largest absolute Gasteiger partial charge is 0.304 e. The van der Waals surface area contributed by atoms with Crippen LogP contribution in [0.25, 0.3) is 10.9 Å². The maximum atomic E-state index is 15.0. The zero-order chi connectivity index (χ0) is 22.3. The van der Waals surface area contributed by atoms with Crippen molar-refractivity contribution in [2.75, 3.05) is 13.1 Å². The fourth-order valence-electron chi connectivity index (χ4n) is 7.22. The normalized spacial score (nSPS) is 31.8. The molecule has 1 aromatic carbocycles. The maximum absolute atomic E-state index is 15.0. The van der Waals surface area contributed by atoms with Gasteiger partial charge in [-0.3, -0.25) is 9.48 Å². The van der Waals surface area contributed by atoms with Gasteiger partial charge >= 0.3 is 10.2 Å². The number of hydrogen-bond acceptors (Lipinski definition) is 4. The minimum atomic E-state index is -3.93. The topological polar surface area (TPSA) is 84.3 Å². The number of carbonyl (C=O) groups excluding carboxylic acids is 1. The Morgan fingerprint density at radius 1 is 1.16 bits per heavy atom. The average Bonchev–Trinajstić information content (AvgIpc) is 2.91. The highest BCUT2D eigenvalue weighted by Crippen LogP contribution is 2.60. The summed E-state index contributed by atoms with van der Waals surface area (Å²) in [5.74, 6) is 0.809. The molecule has 4 saturated carbocycles. The standard InChI is InChI=1S/C23H29FN4O3S/c1-14-18-8-19(22(29)26-32(30,31)27-3-2-4-27)20(24)9-21(18)28(25-14)13-23-10-15-5-16(11-23)7-17(6-15)12-23/h8-9,15-17H,2-7,10-13H2,1H3,(H,26,29). The molecule has 0 atom stereocenters. The molecule has 7 nitrogen and oxygen atoms in total. The highest BCUT2D eigenvalue weighted by molar-refractivity contribution is 7.87. The number of benzene rings is 1. The van der Waals surface area contributed by atoms with Crippen molar-refractivity contribution in [3.8, 4) is 0 Å². The lowest BCUT2D eigenvalue weighted by Gasteiger charge is -2.56. The molecule has 5 fully saturated rings. The molecule has 0 radical (unpaired) electrons. The van der Waals surface area contributed by atoms with E-state index in [4.69, 9.17) is 5.10 Å². The van der Waals surface area contributed by atoms with Crippen molar-refractivity contribution in [1.82, 2.24) is 18.8 Å². The Labute approximate surface area is 187 Å². The quantitative estimate of drug-likeness (QED) is 0.741. The van der Waals surface area contributed by atoms with E-state index in [0.29, 0.717) is 24.0 Å². The molecule has 1 N–H and O–H groups in total. The molecule has 1 aliphatic heterocycles. The summed E-state index contributed by atoms with van der Waals surface area (Å²) in [4.78, 5) is 12.6. The zero-order valence-corrected chi connectivity index (χ0v) is 19.1. The van der Waals surface area contributed by atoms with E-state index in [1.54, 1.807) is 0 Å². The number of nitrogens with zero attached hydrogens (tertiary/aromatic N) is 3. The van der Waals surface area contributed by atoms with Crippen molar-refractivity contribution < 1.29 is 17.6 Å². The monoisotopic (exact) mass is 460 g/mol. The van der Waals surface area contributed by atoms with E-state index in [2.05, 4.69) is 0 Å². The average molecular weight is 461 g/mol. The Balaban J connectivity index is 1.30. The first-order chi connectivity index (χ1) is 15.2. The second-order valence-electron chi connectivity index (χ2n) is 10.7. The molecule has 0 spiro atoms. The van der Waals surface area contributed by atoms with Crippen LogP contribution in [-0.4, -0.2) is 41.5 Å². The fourth-order valence-corrected chi connectivity index (χ4v) is 8.43. The Morgan fingerprint density at radius 2 is 1.78 bits per heavy atom. The van der Waals surface area contributed by atoms with Gasteiger partial charge in [0.2, 0.25) is 0 Å². The van der Waals surface area contributed by atoms with Gasteiger partial charge < -0.3 is 0 Å². The predicted molar refractivity (Wildman–Crippen MR) is 118 cm³/mol. The Bertz CT molecular complexity index is 1180. The van der Waals surface area contributed by atoms with E-state index in [-0.39, 0.29) is 11.0 Å². The molecule has 9 heteroatoms. The van der Waals surface area contributed by atoms with Gasteiger partial charge in [-0.05, 0) is 81.1 Å². The third-order valence-corrected chi connectivity index (χ3v) is 9.78. The molecule has 1 aromatic heterocycles. The van der Waals surface area contributed by atoms with Crippen molar-refractivity contribution >= 4 is 27.0 Å². The molecule has 5 aliphatic rings. The molecule has 172 valence electrons. The van der Waals surface area contributed by atoms with Crippen LogP contribution in [0, 0.1) is 35.9 Å². The molecule has 0 unspecified atom stereocenters.